The number of anilines is 1. The average molecular weight is 260 g/mol. The Morgan fingerprint density at radius 2 is 2.00 bits per heavy atom. The van der Waals surface area contributed by atoms with Gasteiger partial charge in [-0.3, -0.25) is 4.79 Å². The highest BCUT2D eigenvalue weighted by Crippen LogP contribution is 2.18. The third-order valence-corrected chi connectivity index (χ3v) is 2.91. The second-order valence-electron chi connectivity index (χ2n) is 4.36. The van der Waals surface area contributed by atoms with Crippen LogP contribution < -0.4 is 5.73 Å². The van der Waals surface area contributed by atoms with Gasteiger partial charge in [0.2, 0.25) is 0 Å². The number of Topliss-reactive ketones (excluding diaryl/α,β-unsaturated/α-hetero) is 1. The molecule has 0 aromatic heterocycles. The number of ketones is 1. The summed E-state index contributed by atoms with van der Waals surface area (Å²) < 4.78 is 0. The Bertz CT molecular complexity index is 573. The van der Waals surface area contributed by atoms with Crippen LogP contribution >= 0.6 is 11.6 Å². The Kier molecular flexibility index (Phi) is 3.68. The van der Waals surface area contributed by atoms with Gasteiger partial charge in [0.05, 0.1) is 0 Å². The van der Waals surface area contributed by atoms with Gasteiger partial charge < -0.3 is 5.73 Å². The molecule has 0 radical (unpaired) electrons. The van der Waals surface area contributed by atoms with Gasteiger partial charge in [0, 0.05) is 22.7 Å². The second kappa shape index (κ2) is 5.23. The number of hydrogen-bond acceptors (Lipinski definition) is 2. The summed E-state index contributed by atoms with van der Waals surface area (Å²) in [5.74, 6) is 0.0230. The van der Waals surface area contributed by atoms with Crippen LogP contribution in [0.5, 0.6) is 0 Å². The maximum atomic E-state index is 12.1. The number of nitrogens with two attached hydrogens (primary N) is 1. The molecule has 92 valence electrons. The van der Waals surface area contributed by atoms with Gasteiger partial charge >= 0.3 is 0 Å². The van der Waals surface area contributed by atoms with E-state index in [2.05, 4.69) is 0 Å². The highest BCUT2D eigenvalue weighted by atomic mass is 35.5. The molecule has 3 heteroatoms. The van der Waals surface area contributed by atoms with Gasteiger partial charge in [0.25, 0.3) is 0 Å². The van der Waals surface area contributed by atoms with E-state index in [1.165, 1.54) is 0 Å². The topological polar surface area (TPSA) is 43.1 Å². The van der Waals surface area contributed by atoms with Crippen molar-refractivity contribution in [3.8, 4) is 0 Å². The molecule has 2 aromatic rings. The number of hydrogen-bond donors (Lipinski definition) is 1. The van der Waals surface area contributed by atoms with Crippen LogP contribution in [-0.2, 0) is 6.42 Å². The highest BCUT2D eigenvalue weighted by molar-refractivity contribution is 6.31. The summed E-state index contributed by atoms with van der Waals surface area (Å²) in [6, 6.07) is 12.8. The number of aryl methyl sites for hydroxylation is 1. The first-order valence-corrected chi connectivity index (χ1v) is 6.07. The van der Waals surface area contributed by atoms with Crippen LogP contribution in [0.1, 0.15) is 21.5 Å². The highest BCUT2D eigenvalue weighted by Gasteiger charge is 2.08. The molecular formula is C15H14ClNO. The first-order valence-electron chi connectivity index (χ1n) is 5.69. The maximum absolute atomic E-state index is 12.1. The molecule has 2 aromatic carbocycles. The molecule has 2 rings (SSSR count). The van der Waals surface area contributed by atoms with Crippen LogP contribution in [0.3, 0.4) is 0 Å². The molecule has 0 spiro atoms. The standard InChI is InChI=1S/C15H14ClNO/c1-10-3-2-4-11(5-10)6-15(18)12-7-13(16)9-14(17)8-12/h2-5,7-9H,6,17H2,1H3. The zero-order valence-corrected chi connectivity index (χ0v) is 10.9. The predicted octanol–water partition coefficient (Wildman–Crippen LogP) is 3.66. The summed E-state index contributed by atoms with van der Waals surface area (Å²) in [5, 5.41) is 0.489. The Balaban J connectivity index is 2.22. The van der Waals surface area contributed by atoms with E-state index in [-0.39, 0.29) is 5.78 Å². The van der Waals surface area contributed by atoms with Crippen molar-refractivity contribution in [3.63, 3.8) is 0 Å². The lowest BCUT2D eigenvalue weighted by atomic mass is 10.0. The summed E-state index contributed by atoms with van der Waals surface area (Å²) in [7, 11) is 0. The monoisotopic (exact) mass is 259 g/mol. The first kappa shape index (κ1) is 12.7. The minimum Gasteiger partial charge on any atom is -0.399 e. The predicted molar refractivity (Wildman–Crippen MR) is 75.1 cm³/mol. The number of carbonyl (C=O) groups is 1. The van der Waals surface area contributed by atoms with E-state index in [1.54, 1.807) is 18.2 Å². The Hall–Kier alpha value is -1.80. The van der Waals surface area contributed by atoms with Crippen LogP contribution in [-0.4, -0.2) is 5.78 Å². The van der Waals surface area contributed by atoms with Crippen molar-refractivity contribution in [2.75, 3.05) is 5.73 Å². The Morgan fingerprint density at radius 1 is 1.22 bits per heavy atom. The molecule has 18 heavy (non-hydrogen) atoms. The van der Waals surface area contributed by atoms with Crippen molar-refractivity contribution in [1.29, 1.82) is 0 Å². The van der Waals surface area contributed by atoms with E-state index in [4.69, 9.17) is 17.3 Å². The molecule has 2 N–H and O–H groups in total. The lowest BCUT2D eigenvalue weighted by Crippen LogP contribution is -2.04. The number of benzene rings is 2. The average Bonchev–Trinajstić information content (AvgIpc) is 2.27. The van der Waals surface area contributed by atoms with Gasteiger partial charge in [-0.25, -0.2) is 0 Å². The van der Waals surface area contributed by atoms with Crippen LogP contribution in [0.25, 0.3) is 0 Å². The van der Waals surface area contributed by atoms with Gasteiger partial charge in [0.1, 0.15) is 0 Å². The second-order valence-corrected chi connectivity index (χ2v) is 4.80. The molecule has 0 saturated heterocycles. The molecule has 0 bridgehead atoms. The molecule has 0 heterocycles. The smallest absolute Gasteiger partial charge is 0.167 e. The largest absolute Gasteiger partial charge is 0.399 e. The summed E-state index contributed by atoms with van der Waals surface area (Å²) in [6.45, 7) is 2.01. The summed E-state index contributed by atoms with van der Waals surface area (Å²) in [6.07, 6.45) is 0.363. The number of carbonyl (C=O) groups excluding carboxylic acids is 1. The van der Waals surface area contributed by atoms with Crippen LogP contribution in [0.15, 0.2) is 42.5 Å². The Morgan fingerprint density at radius 3 is 2.67 bits per heavy atom. The van der Waals surface area contributed by atoms with Gasteiger partial charge in [-0.15, -0.1) is 0 Å². The molecule has 0 fully saturated rings. The van der Waals surface area contributed by atoms with Crippen molar-refractivity contribution < 1.29 is 4.79 Å². The summed E-state index contributed by atoms with van der Waals surface area (Å²) in [4.78, 5) is 12.1. The van der Waals surface area contributed by atoms with Crippen LogP contribution in [0.2, 0.25) is 5.02 Å². The van der Waals surface area contributed by atoms with Gasteiger partial charge in [0.15, 0.2) is 5.78 Å². The molecule has 0 aliphatic heterocycles. The molecule has 0 atom stereocenters. The SMILES string of the molecule is Cc1cccc(CC(=O)c2cc(N)cc(Cl)c2)c1. The number of rotatable bonds is 3. The van der Waals surface area contributed by atoms with E-state index in [1.807, 2.05) is 31.2 Å². The van der Waals surface area contributed by atoms with E-state index < -0.39 is 0 Å². The zero-order valence-electron chi connectivity index (χ0n) is 10.1. The van der Waals surface area contributed by atoms with Gasteiger partial charge in [-0.2, -0.15) is 0 Å². The molecule has 0 aliphatic carbocycles. The van der Waals surface area contributed by atoms with E-state index in [0.717, 1.165) is 11.1 Å². The third kappa shape index (κ3) is 3.11. The molecule has 0 amide bonds. The quantitative estimate of drug-likeness (QED) is 0.675. The minimum atomic E-state index is 0.0230. The summed E-state index contributed by atoms with van der Waals surface area (Å²) >= 11 is 5.89. The normalized spacial score (nSPS) is 10.3. The van der Waals surface area contributed by atoms with Crippen LogP contribution in [0.4, 0.5) is 5.69 Å². The number of nitrogen functional groups attached to an aromatic ring is 1. The van der Waals surface area contributed by atoms with Crippen molar-refractivity contribution >= 4 is 23.1 Å². The number of halogens is 1. The van der Waals surface area contributed by atoms with Crippen molar-refractivity contribution in [2.24, 2.45) is 0 Å². The van der Waals surface area contributed by atoms with E-state index >= 15 is 0 Å². The summed E-state index contributed by atoms with van der Waals surface area (Å²) in [5.41, 5.74) is 8.89. The fraction of sp³-hybridized carbons (Fsp3) is 0.133. The molecular weight excluding hydrogens is 246 g/mol. The Labute approximate surface area is 111 Å². The molecule has 2 nitrogen and oxygen atoms in total. The maximum Gasteiger partial charge on any atom is 0.167 e. The van der Waals surface area contributed by atoms with Gasteiger partial charge in [-0.1, -0.05) is 41.4 Å². The van der Waals surface area contributed by atoms with Crippen LogP contribution in [0, 0.1) is 6.92 Å². The van der Waals surface area contributed by atoms with Crippen molar-refractivity contribution in [1.82, 2.24) is 0 Å². The van der Waals surface area contributed by atoms with Gasteiger partial charge in [-0.05, 0) is 30.7 Å². The van der Waals surface area contributed by atoms with Crippen molar-refractivity contribution in [2.45, 2.75) is 13.3 Å². The first-order chi connectivity index (χ1) is 8.54. The lowest BCUT2D eigenvalue weighted by Gasteiger charge is -2.04. The zero-order chi connectivity index (χ0) is 13.1. The fourth-order valence-corrected chi connectivity index (χ4v) is 2.13. The lowest BCUT2D eigenvalue weighted by molar-refractivity contribution is 0.0993. The van der Waals surface area contributed by atoms with E-state index in [0.29, 0.717) is 22.7 Å². The van der Waals surface area contributed by atoms with E-state index in [9.17, 15) is 4.79 Å². The van der Waals surface area contributed by atoms with Crippen molar-refractivity contribution in [3.05, 3.63) is 64.2 Å². The minimum absolute atomic E-state index is 0.0230. The molecule has 0 aliphatic rings. The fourth-order valence-electron chi connectivity index (χ4n) is 1.88. The molecule has 0 unspecified atom stereocenters. The third-order valence-electron chi connectivity index (χ3n) is 2.69. The molecule has 0 saturated carbocycles.